The van der Waals surface area contributed by atoms with E-state index in [1.165, 1.54) is 100 Å². The number of pyridine rings is 1. The molecule has 6 rings (SSSR count). The van der Waals surface area contributed by atoms with E-state index in [0.29, 0.717) is 11.8 Å². The molecule has 4 aliphatic carbocycles. The second-order valence-electron chi connectivity index (χ2n) is 10.7. The normalized spacial score (nSPS) is 25.0. The third-order valence-electron chi connectivity index (χ3n) is 8.66. The van der Waals surface area contributed by atoms with Crippen molar-refractivity contribution < 1.29 is 4.57 Å². The number of nitrogens with zero attached hydrogens (tertiary/aromatic N) is 1. The molecule has 4 aliphatic rings. The Bertz CT molecular complexity index is 1030. The van der Waals surface area contributed by atoms with E-state index in [1.54, 1.807) is 33.7 Å². The van der Waals surface area contributed by atoms with Crippen molar-refractivity contribution in [2.45, 2.75) is 102 Å². The summed E-state index contributed by atoms with van der Waals surface area (Å²) in [5.74, 6) is 1.21. The Hall–Kier alpha value is -1.67. The molecule has 0 bridgehead atoms. The van der Waals surface area contributed by atoms with Crippen LogP contribution in [0.4, 0.5) is 0 Å². The highest BCUT2D eigenvalue weighted by atomic mass is 79.9. The average molecular weight is 504 g/mol. The van der Waals surface area contributed by atoms with E-state index in [1.807, 2.05) is 0 Å². The summed E-state index contributed by atoms with van der Waals surface area (Å²) < 4.78 is 3.96. The fourth-order valence-corrected chi connectivity index (χ4v) is 7.42. The number of fused-ring (bicyclic) bond motifs is 2. The topological polar surface area (TPSA) is 3.88 Å². The molecule has 0 saturated carbocycles. The zero-order chi connectivity index (χ0) is 22.2. The molecule has 2 atom stereocenters. The van der Waals surface area contributed by atoms with Crippen molar-refractivity contribution in [1.82, 2.24) is 0 Å². The zero-order valence-corrected chi connectivity index (χ0v) is 21.5. The van der Waals surface area contributed by atoms with Crippen LogP contribution in [-0.2, 0) is 12.8 Å². The van der Waals surface area contributed by atoms with Crippen LogP contribution in [-0.4, -0.2) is 0 Å². The highest BCUT2D eigenvalue weighted by molar-refractivity contribution is 9.10. The Morgan fingerprint density at radius 1 is 0.636 bits per heavy atom. The average Bonchev–Trinajstić information content (AvgIpc) is 2.88. The number of hydrogen-bond donors (Lipinski definition) is 0. The molecular formula is C31H37BrN+. The van der Waals surface area contributed by atoms with Gasteiger partial charge in [0.05, 0.1) is 11.8 Å². The molecule has 0 radical (unpaired) electrons. The van der Waals surface area contributed by atoms with Crippen molar-refractivity contribution in [1.29, 1.82) is 0 Å². The van der Waals surface area contributed by atoms with Crippen LogP contribution in [0.3, 0.4) is 0 Å². The van der Waals surface area contributed by atoms with Crippen molar-refractivity contribution in [2.24, 2.45) is 0 Å². The maximum absolute atomic E-state index is 3.69. The van der Waals surface area contributed by atoms with Crippen LogP contribution in [0.15, 0.2) is 58.1 Å². The lowest BCUT2D eigenvalue weighted by molar-refractivity contribution is -0.617. The van der Waals surface area contributed by atoms with Crippen LogP contribution in [0.2, 0.25) is 0 Å². The Balaban J connectivity index is 1.60. The van der Waals surface area contributed by atoms with E-state index in [2.05, 4.69) is 63.0 Å². The van der Waals surface area contributed by atoms with Crippen molar-refractivity contribution in [2.75, 3.05) is 0 Å². The Labute approximate surface area is 208 Å². The van der Waals surface area contributed by atoms with Gasteiger partial charge in [-0.25, -0.2) is 0 Å². The molecule has 0 saturated heterocycles. The van der Waals surface area contributed by atoms with Gasteiger partial charge in [0.25, 0.3) is 0 Å². The predicted molar refractivity (Wildman–Crippen MR) is 140 cm³/mol. The first-order chi connectivity index (χ1) is 16.3. The minimum absolute atomic E-state index is 0.603. The number of aryl methyl sites for hydroxylation is 2. The number of aromatic nitrogens is 1. The molecule has 33 heavy (non-hydrogen) atoms. The second-order valence-corrected chi connectivity index (χ2v) is 11.6. The lowest BCUT2D eigenvalue weighted by Gasteiger charge is -2.32. The fraction of sp³-hybridized carbons (Fsp3) is 0.516. The van der Waals surface area contributed by atoms with Crippen molar-refractivity contribution >= 4 is 15.9 Å². The van der Waals surface area contributed by atoms with E-state index in [4.69, 9.17) is 0 Å². The molecule has 2 aromatic rings. The third kappa shape index (κ3) is 4.18. The van der Waals surface area contributed by atoms with Gasteiger partial charge in [0.1, 0.15) is 0 Å². The summed E-state index contributed by atoms with van der Waals surface area (Å²) in [6.07, 6.45) is 23.7. The van der Waals surface area contributed by atoms with Crippen LogP contribution in [0.5, 0.6) is 0 Å². The van der Waals surface area contributed by atoms with Crippen LogP contribution >= 0.6 is 15.9 Å². The molecule has 172 valence electrons. The highest BCUT2D eigenvalue weighted by Crippen LogP contribution is 2.44. The van der Waals surface area contributed by atoms with Crippen molar-refractivity contribution in [3.63, 3.8) is 0 Å². The molecule has 0 spiro atoms. The maximum Gasteiger partial charge on any atom is 0.211 e. The predicted octanol–water partition coefficient (Wildman–Crippen LogP) is 8.57. The van der Waals surface area contributed by atoms with Crippen LogP contribution in [0, 0.1) is 0 Å². The first-order valence-corrected chi connectivity index (χ1v) is 14.3. The quantitative estimate of drug-likeness (QED) is 0.292. The number of benzene rings is 1. The van der Waals surface area contributed by atoms with Gasteiger partial charge in [-0.05, 0) is 108 Å². The van der Waals surface area contributed by atoms with Crippen molar-refractivity contribution in [3.05, 3.63) is 80.6 Å². The number of allylic oxidation sites excluding steroid dienone is 4. The first-order valence-electron chi connectivity index (χ1n) is 13.5. The third-order valence-corrected chi connectivity index (χ3v) is 9.19. The van der Waals surface area contributed by atoms with Crippen molar-refractivity contribution in [3.8, 4) is 5.69 Å². The molecule has 0 N–H and O–H groups in total. The van der Waals surface area contributed by atoms with Crippen LogP contribution in [0.25, 0.3) is 5.69 Å². The molecule has 2 heteroatoms. The van der Waals surface area contributed by atoms with E-state index in [-0.39, 0.29) is 0 Å². The minimum Gasteiger partial charge on any atom is -0.160 e. The summed E-state index contributed by atoms with van der Waals surface area (Å²) in [7, 11) is 0. The fourth-order valence-electron chi connectivity index (χ4n) is 7.15. The Morgan fingerprint density at radius 3 is 1.67 bits per heavy atom. The SMILES string of the molecule is Brc1ccc(-[n+]2c3c(cc4c2[C@H](C2=CCCCC2)CCC4)CCC[C@@H]3C2=CCCCC2)cc1. The maximum atomic E-state index is 3.69. The molecule has 1 aromatic carbocycles. The Kier molecular flexibility index (Phi) is 6.30. The molecule has 0 aliphatic heterocycles. The Morgan fingerprint density at radius 2 is 1.18 bits per heavy atom. The van der Waals surface area contributed by atoms with Gasteiger partial charge in [-0.2, -0.15) is 4.57 Å². The largest absolute Gasteiger partial charge is 0.211 e. The van der Waals surface area contributed by atoms with Crippen LogP contribution < -0.4 is 4.57 Å². The summed E-state index contributed by atoms with van der Waals surface area (Å²) in [5, 5.41) is 0. The summed E-state index contributed by atoms with van der Waals surface area (Å²) >= 11 is 3.69. The lowest BCUT2D eigenvalue weighted by Crippen LogP contribution is -2.47. The standard InChI is InChI=1S/C31H37BrN/c32-26-17-19-27(20-18-26)33-30-24(13-7-15-28(30)22-9-3-1-4-10-22)21-25-14-8-16-29(31(25)33)23-11-5-2-6-12-23/h9,11,17-21,28-29H,1-8,10,12-16H2/q+1/t28-,29+. The van der Waals surface area contributed by atoms with Gasteiger partial charge >= 0.3 is 0 Å². The molecule has 0 fully saturated rings. The van der Waals surface area contributed by atoms with Gasteiger partial charge in [0.15, 0.2) is 11.4 Å². The first kappa shape index (κ1) is 21.8. The van der Waals surface area contributed by atoms with E-state index in [9.17, 15) is 0 Å². The summed E-state index contributed by atoms with van der Waals surface area (Å²) in [6.45, 7) is 0. The number of hydrogen-bond acceptors (Lipinski definition) is 0. The molecular weight excluding hydrogens is 466 g/mol. The molecule has 0 unspecified atom stereocenters. The second kappa shape index (κ2) is 9.53. The minimum atomic E-state index is 0.603. The highest BCUT2D eigenvalue weighted by Gasteiger charge is 2.41. The number of rotatable bonds is 3. The lowest BCUT2D eigenvalue weighted by atomic mass is 9.74. The van der Waals surface area contributed by atoms with Gasteiger partial charge in [0.2, 0.25) is 5.69 Å². The zero-order valence-electron chi connectivity index (χ0n) is 19.9. The van der Waals surface area contributed by atoms with E-state index >= 15 is 0 Å². The summed E-state index contributed by atoms with van der Waals surface area (Å²) in [6, 6.07) is 11.8. The molecule has 0 amide bonds. The number of halogens is 1. The van der Waals surface area contributed by atoms with Gasteiger partial charge in [-0.3, -0.25) is 0 Å². The van der Waals surface area contributed by atoms with Gasteiger partial charge in [-0.15, -0.1) is 0 Å². The van der Waals surface area contributed by atoms with E-state index in [0.717, 1.165) is 0 Å². The summed E-state index contributed by atoms with van der Waals surface area (Å²) in [4.78, 5) is 0. The molecule has 1 nitrogen and oxygen atoms in total. The molecule has 1 heterocycles. The smallest absolute Gasteiger partial charge is 0.160 e. The van der Waals surface area contributed by atoms with Crippen LogP contribution in [0.1, 0.15) is 111 Å². The summed E-state index contributed by atoms with van der Waals surface area (Å²) in [5.41, 5.74) is 11.4. The van der Waals surface area contributed by atoms with Gasteiger partial charge < -0.3 is 0 Å². The monoisotopic (exact) mass is 502 g/mol. The van der Waals surface area contributed by atoms with Gasteiger partial charge in [0, 0.05) is 27.7 Å². The molecule has 1 aromatic heterocycles. The van der Waals surface area contributed by atoms with E-state index < -0.39 is 0 Å². The van der Waals surface area contributed by atoms with Gasteiger partial charge in [-0.1, -0.05) is 39.2 Å².